The number of nitrogens with zero attached hydrogens (tertiary/aromatic N) is 1. The van der Waals surface area contributed by atoms with Crippen LogP contribution in [0.3, 0.4) is 0 Å². The molecule has 0 spiro atoms. The number of thiocarbonyl (C=S) groups is 1. The number of rotatable bonds is 4. The second-order valence-corrected chi connectivity index (χ2v) is 5.67. The van der Waals surface area contributed by atoms with Crippen molar-refractivity contribution in [3.63, 3.8) is 0 Å². The van der Waals surface area contributed by atoms with Crippen LogP contribution in [0.25, 0.3) is 0 Å². The van der Waals surface area contributed by atoms with Gasteiger partial charge in [0.15, 0.2) is 5.11 Å². The van der Waals surface area contributed by atoms with Crippen molar-refractivity contribution in [2.24, 2.45) is 11.0 Å². The predicted molar refractivity (Wildman–Crippen MR) is 84.7 cm³/mol. The van der Waals surface area contributed by atoms with Crippen LogP contribution in [0.5, 0.6) is 0 Å². The van der Waals surface area contributed by atoms with Crippen molar-refractivity contribution in [3.8, 4) is 0 Å². The molecule has 0 radical (unpaired) electrons. The monoisotopic (exact) mass is 295 g/mol. The Morgan fingerprint density at radius 2 is 2.26 bits per heavy atom. The highest BCUT2D eigenvalue weighted by atomic mass is 35.5. The largest absolute Gasteiger partial charge is 0.361 e. The topological polar surface area (TPSA) is 36.4 Å². The summed E-state index contributed by atoms with van der Waals surface area (Å²) < 4.78 is 0. The number of halogens is 1. The molecule has 2 rings (SSSR count). The van der Waals surface area contributed by atoms with Crippen molar-refractivity contribution >= 4 is 34.6 Å². The summed E-state index contributed by atoms with van der Waals surface area (Å²) in [6, 6.07) is 7.60. The molecule has 1 aliphatic rings. The van der Waals surface area contributed by atoms with Crippen molar-refractivity contribution < 1.29 is 0 Å². The molecule has 0 amide bonds. The molecule has 0 atom stereocenters. The lowest BCUT2D eigenvalue weighted by Crippen LogP contribution is -2.37. The maximum Gasteiger partial charge on any atom is 0.186 e. The van der Waals surface area contributed by atoms with Crippen LogP contribution in [0.1, 0.15) is 31.7 Å². The number of nitrogens with one attached hydrogen (secondary N) is 2. The summed E-state index contributed by atoms with van der Waals surface area (Å²) in [6.45, 7) is 2.87. The molecule has 1 aliphatic carbocycles. The predicted octanol–water partition coefficient (Wildman–Crippen LogP) is 3.33. The molecule has 1 fully saturated rings. The molecular weight excluding hydrogens is 278 g/mol. The fourth-order valence-electron chi connectivity index (χ4n) is 1.89. The summed E-state index contributed by atoms with van der Waals surface area (Å²) >= 11 is 11.1. The minimum atomic E-state index is 0.577. The fraction of sp³-hybridized carbons (Fsp3) is 0.429. The van der Waals surface area contributed by atoms with Gasteiger partial charge in [-0.2, -0.15) is 5.10 Å². The first-order valence-corrected chi connectivity index (χ1v) is 7.28. The zero-order valence-corrected chi connectivity index (χ0v) is 12.5. The summed E-state index contributed by atoms with van der Waals surface area (Å²) in [5.41, 5.74) is 4.71. The van der Waals surface area contributed by atoms with Crippen molar-refractivity contribution in [1.82, 2.24) is 10.7 Å². The van der Waals surface area contributed by atoms with Crippen LogP contribution in [0.4, 0.5) is 0 Å². The summed E-state index contributed by atoms with van der Waals surface area (Å²) in [5.74, 6) is 0.776. The minimum absolute atomic E-state index is 0.577. The lowest BCUT2D eigenvalue weighted by atomic mass is 9.85. The van der Waals surface area contributed by atoms with Crippen LogP contribution < -0.4 is 10.7 Å². The van der Waals surface area contributed by atoms with Gasteiger partial charge in [-0.1, -0.05) is 30.2 Å². The lowest BCUT2D eigenvalue weighted by Gasteiger charge is -2.25. The zero-order valence-electron chi connectivity index (χ0n) is 10.9. The van der Waals surface area contributed by atoms with Crippen LogP contribution in [-0.4, -0.2) is 17.4 Å². The minimum Gasteiger partial charge on any atom is -0.361 e. The smallest absolute Gasteiger partial charge is 0.186 e. The fourth-order valence-corrected chi connectivity index (χ4v) is 2.21. The Balaban J connectivity index is 1.81. The number of hydrogen-bond acceptors (Lipinski definition) is 2. The average Bonchev–Trinajstić information content (AvgIpc) is 2.34. The molecule has 0 aliphatic heterocycles. The van der Waals surface area contributed by atoms with Crippen LogP contribution >= 0.6 is 23.8 Å². The molecule has 5 heteroatoms. The average molecular weight is 296 g/mol. The maximum atomic E-state index is 5.95. The SMILES string of the molecule is C/C(=N\NC(=S)NCC1CCC1)c1cccc(Cl)c1. The van der Waals surface area contributed by atoms with Gasteiger partial charge in [-0.15, -0.1) is 0 Å². The van der Waals surface area contributed by atoms with Gasteiger partial charge in [0.2, 0.25) is 0 Å². The molecule has 1 saturated carbocycles. The van der Waals surface area contributed by atoms with Crippen LogP contribution in [0.2, 0.25) is 5.02 Å². The molecule has 0 bridgehead atoms. The summed E-state index contributed by atoms with van der Waals surface area (Å²) in [4.78, 5) is 0. The molecule has 0 unspecified atom stereocenters. The molecule has 0 saturated heterocycles. The van der Waals surface area contributed by atoms with Gasteiger partial charge in [-0.3, -0.25) is 5.43 Å². The van der Waals surface area contributed by atoms with Crippen molar-refractivity contribution in [3.05, 3.63) is 34.9 Å². The number of benzene rings is 1. The van der Waals surface area contributed by atoms with Gasteiger partial charge in [0.05, 0.1) is 5.71 Å². The van der Waals surface area contributed by atoms with E-state index in [1.165, 1.54) is 19.3 Å². The highest BCUT2D eigenvalue weighted by Crippen LogP contribution is 2.24. The standard InChI is InChI=1S/C14H18ClN3S/c1-10(12-6-3-7-13(15)8-12)17-18-14(19)16-9-11-4-2-5-11/h3,6-8,11H,2,4-5,9H2,1H3,(H2,16,18,19)/b17-10+. The van der Waals surface area contributed by atoms with Crippen molar-refractivity contribution in [2.75, 3.05) is 6.54 Å². The van der Waals surface area contributed by atoms with E-state index in [2.05, 4.69) is 15.8 Å². The molecule has 0 aromatic heterocycles. The van der Waals surface area contributed by atoms with Crippen LogP contribution in [0.15, 0.2) is 29.4 Å². The summed E-state index contributed by atoms with van der Waals surface area (Å²) in [7, 11) is 0. The Bertz CT molecular complexity index is 483. The summed E-state index contributed by atoms with van der Waals surface area (Å²) in [6.07, 6.45) is 3.96. The van der Waals surface area contributed by atoms with E-state index in [4.69, 9.17) is 23.8 Å². The Hall–Kier alpha value is -1.13. The first-order valence-electron chi connectivity index (χ1n) is 6.49. The molecular formula is C14H18ClN3S. The van der Waals surface area contributed by atoms with E-state index in [0.29, 0.717) is 10.1 Å². The second kappa shape index (κ2) is 6.87. The quantitative estimate of drug-likeness (QED) is 0.508. The second-order valence-electron chi connectivity index (χ2n) is 4.83. The molecule has 19 heavy (non-hydrogen) atoms. The van der Waals surface area contributed by atoms with Crippen molar-refractivity contribution in [2.45, 2.75) is 26.2 Å². The first-order chi connectivity index (χ1) is 9.15. The lowest BCUT2D eigenvalue weighted by molar-refractivity contribution is 0.315. The normalized spacial score (nSPS) is 15.8. The molecule has 1 aromatic rings. The van der Waals surface area contributed by atoms with E-state index in [-0.39, 0.29) is 0 Å². The Labute approximate surface area is 124 Å². The van der Waals surface area contributed by atoms with Gasteiger partial charge >= 0.3 is 0 Å². The van der Waals surface area contributed by atoms with E-state index in [1.807, 2.05) is 31.2 Å². The summed E-state index contributed by atoms with van der Waals surface area (Å²) in [5, 5.41) is 8.73. The number of hydrogen-bond donors (Lipinski definition) is 2. The van der Waals surface area contributed by atoms with E-state index in [9.17, 15) is 0 Å². The Morgan fingerprint density at radius 3 is 2.89 bits per heavy atom. The highest BCUT2D eigenvalue weighted by molar-refractivity contribution is 7.80. The third kappa shape index (κ3) is 4.48. The molecule has 0 heterocycles. The molecule has 3 nitrogen and oxygen atoms in total. The van der Waals surface area contributed by atoms with E-state index >= 15 is 0 Å². The molecule has 102 valence electrons. The maximum absolute atomic E-state index is 5.95. The van der Waals surface area contributed by atoms with Gasteiger partial charge in [-0.05, 0) is 55.6 Å². The third-order valence-electron chi connectivity index (χ3n) is 3.34. The van der Waals surface area contributed by atoms with Gasteiger partial charge in [0.1, 0.15) is 0 Å². The van der Waals surface area contributed by atoms with Crippen molar-refractivity contribution in [1.29, 1.82) is 0 Å². The van der Waals surface area contributed by atoms with E-state index in [1.54, 1.807) is 0 Å². The third-order valence-corrected chi connectivity index (χ3v) is 3.81. The van der Waals surface area contributed by atoms with E-state index in [0.717, 1.165) is 23.7 Å². The first kappa shape index (κ1) is 14.3. The number of hydrazone groups is 1. The van der Waals surface area contributed by atoms with Crippen LogP contribution in [-0.2, 0) is 0 Å². The van der Waals surface area contributed by atoms with Gasteiger partial charge in [-0.25, -0.2) is 0 Å². The molecule has 1 aromatic carbocycles. The highest BCUT2D eigenvalue weighted by Gasteiger charge is 2.16. The van der Waals surface area contributed by atoms with Crippen LogP contribution in [0, 0.1) is 5.92 Å². The Morgan fingerprint density at radius 1 is 1.47 bits per heavy atom. The van der Waals surface area contributed by atoms with Gasteiger partial charge in [0.25, 0.3) is 0 Å². The van der Waals surface area contributed by atoms with Gasteiger partial charge in [0, 0.05) is 11.6 Å². The van der Waals surface area contributed by atoms with Gasteiger partial charge < -0.3 is 5.32 Å². The zero-order chi connectivity index (χ0) is 13.7. The molecule has 2 N–H and O–H groups in total. The van der Waals surface area contributed by atoms with E-state index < -0.39 is 0 Å². The Kier molecular flexibility index (Phi) is 5.16.